The number of benzene rings is 1. The first-order chi connectivity index (χ1) is 12.5. The van der Waals surface area contributed by atoms with Crippen LogP contribution in [0.3, 0.4) is 0 Å². The SMILES string of the molecule is Cn1cc(C(=O)N(Cc2cccc3c2CCCC3)C2CC2)c(C(F)F)n1. The van der Waals surface area contributed by atoms with Crippen molar-refractivity contribution in [3.63, 3.8) is 0 Å². The summed E-state index contributed by atoms with van der Waals surface area (Å²) in [6.45, 7) is 0.490. The van der Waals surface area contributed by atoms with Crippen molar-refractivity contribution in [1.82, 2.24) is 14.7 Å². The zero-order valence-corrected chi connectivity index (χ0v) is 14.9. The number of aromatic nitrogens is 2. The summed E-state index contributed by atoms with van der Waals surface area (Å²) in [4.78, 5) is 14.8. The summed E-state index contributed by atoms with van der Waals surface area (Å²) in [6, 6.07) is 6.43. The molecular formula is C20H23F2N3O. The molecule has 6 heteroatoms. The van der Waals surface area contributed by atoms with Crippen molar-refractivity contribution in [2.45, 2.75) is 57.5 Å². The molecule has 0 atom stereocenters. The van der Waals surface area contributed by atoms with Gasteiger partial charge in [-0.2, -0.15) is 5.10 Å². The Kier molecular flexibility index (Phi) is 4.51. The van der Waals surface area contributed by atoms with Gasteiger partial charge in [-0.3, -0.25) is 9.48 Å². The molecule has 0 N–H and O–H groups in total. The number of rotatable bonds is 5. The molecule has 0 radical (unpaired) electrons. The Morgan fingerprint density at radius 3 is 2.81 bits per heavy atom. The number of carbonyl (C=O) groups is 1. The molecule has 1 amide bonds. The third-order valence-electron chi connectivity index (χ3n) is 5.38. The molecular weight excluding hydrogens is 336 g/mol. The van der Waals surface area contributed by atoms with Crippen molar-refractivity contribution in [1.29, 1.82) is 0 Å². The van der Waals surface area contributed by atoms with Crippen molar-refractivity contribution < 1.29 is 13.6 Å². The minimum absolute atomic E-state index is 0.0270. The maximum Gasteiger partial charge on any atom is 0.282 e. The van der Waals surface area contributed by atoms with E-state index in [4.69, 9.17) is 0 Å². The van der Waals surface area contributed by atoms with E-state index in [1.165, 1.54) is 34.8 Å². The first kappa shape index (κ1) is 17.2. The molecule has 0 bridgehead atoms. The topological polar surface area (TPSA) is 38.1 Å². The quantitative estimate of drug-likeness (QED) is 0.808. The van der Waals surface area contributed by atoms with Crippen LogP contribution < -0.4 is 0 Å². The van der Waals surface area contributed by atoms with E-state index in [0.717, 1.165) is 31.2 Å². The molecule has 1 aromatic heterocycles. The molecule has 138 valence electrons. The normalized spacial score (nSPS) is 16.6. The monoisotopic (exact) mass is 359 g/mol. The first-order valence-corrected chi connectivity index (χ1v) is 9.27. The molecule has 0 unspecified atom stereocenters. The van der Waals surface area contributed by atoms with Gasteiger partial charge in [0.25, 0.3) is 12.3 Å². The van der Waals surface area contributed by atoms with Crippen LogP contribution in [-0.2, 0) is 26.4 Å². The highest BCUT2D eigenvalue weighted by Crippen LogP contribution is 2.33. The summed E-state index contributed by atoms with van der Waals surface area (Å²) in [7, 11) is 1.57. The number of hydrogen-bond donors (Lipinski definition) is 0. The van der Waals surface area contributed by atoms with Gasteiger partial charge in [0.05, 0.1) is 5.56 Å². The Balaban J connectivity index is 1.64. The van der Waals surface area contributed by atoms with E-state index >= 15 is 0 Å². The van der Waals surface area contributed by atoms with Crippen LogP contribution in [0.1, 0.15) is 64.9 Å². The van der Waals surface area contributed by atoms with E-state index in [1.54, 1.807) is 11.9 Å². The fourth-order valence-electron chi connectivity index (χ4n) is 3.93. The Morgan fingerprint density at radius 2 is 2.08 bits per heavy atom. The third kappa shape index (κ3) is 3.24. The van der Waals surface area contributed by atoms with Crippen LogP contribution in [-0.4, -0.2) is 26.6 Å². The van der Waals surface area contributed by atoms with Gasteiger partial charge in [-0.05, 0) is 55.2 Å². The number of amides is 1. The van der Waals surface area contributed by atoms with E-state index in [9.17, 15) is 13.6 Å². The maximum atomic E-state index is 13.3. The van der Waals surface area contributed by atoms with Crippen molar-refractivity contribution in [2.75, 3.05) is 0 Å². The molecule has 2 aliphatic carbocycles. The highest BCUT2D eigenvalue weighted by molar-refractivity contribution is 5.95. The summed E-state index contributed by atoms with van der Waals surface area (Å²) in [5, 5.41) is 3.79. The Bertz CT molecular complexity index is 826. The molecule has 2 aliphatic rings. The molecule has 26 heavy (non-hydrogen) atoms. The molecule has 1 fully saturated rings. The minimum Gasteiger partial charge on any atom is -0.331 e. The van der Waals surface area contributed by atoms with Gasteiger partial charge in [0.1, 0.15) is 5.69 Å². The van der Waals surface area contributed by atoms with Crippen molar-refractivity contribution in [3.05, 3.63) is 52.3 Å². The molecule has 2 aromatic rings. The molecule has 0 aliphatic heterocycles. The van der Waals surface area contributed by atoms with Gasteiger partial charge in [-0.25, -0.2) is 8.78 Å². The largest absolute Gasteiger partial charge is 0.331 e. The van der Waals surface area contributed by atoms with Crippen molar-refractivity contribution in [3.8, 4) is 0 Å². The van der Waals surface area contributed by atoms with Crippen LogP contribution >= 0.6 is 0 Å². The summed E-state index contributed by atoms with van der Waals surface area (Å²) in [5.74, 6) is -0.329. The molecule has 0 saturated heterocycles. The van der Waals surface area contributed by atoms with Crippen LogP contribution in [0.2, 0.25) is 0 Å². The Morgan fingerprint density at radius 1 is 1.31 bits per heavy atom. The van der Waals surface area contributed by atoms with Gasteiger partial charge < -0.3 is 4.90 Å². The average Bonchev–Trinajstić information content (AvgIpc) is 3.40. The van der Waals surface area contributed by atoms with Gasteiger partial charge in [0.15, 0.2) is 0 Å². The summed E-state index contributed by atoms with van der Waals surface area (Å²) in [6.07, 6.45) is 5.02. The third-order valence-corrected chi connectivity index (χ3v) is 5.38. The maximum absolute atomic E-state index is 13.3. The van der Waals surface area contributed by atoms with Crippen molar-refractivity contribution >= 4 is 5.91 Å². The Labute approximate surface area is 151 Å². The van der Waals surface area contributed by atoms with Gasteiger partial charge in [0.2, 0.25) is 0 Å². The highest BCUT2D eigenvalue weighted by atomic mass is 19.3. The lowest BCUT2D eigenvalue weighted by atomic mass is 9.88. The summed E-state index contributed by atoms with van der Waals surface area (Å²) in [5.41, 5.74) is 3.48. The van der Waals surface area contributed by atoms with Gasteiger partial charge >= 0.3 is 0 Å². The first-order valence-electron chi connectivity index (χ1n) is 9.27. The standard InChI is InChI=1S/C20H23F2N3O/c1-24-12-17(18(23-24)19(21)22)20(26)25(15-9-10-15)11-14-7-4-6-13-5-2-3-8-16(13)14/h4,6-7,12,15,19H,2-3,5,8-11H2,1H3. The zero-order chi connectivity index (χ0) is 18.3. The molecule has 4 nitrogen and oxygen atoms in total. The predicted octanol–water partition coefficient (Wildman–Crippen LogP) is 4.04. The van der Waals surface area contributed by atoms with Crippen LogP contribution in [0.4, 0.5) is 8.78 Å². The fourth-order valence-corrected chi connectivity index (χ4v) is 3.93. The Hall–Kier alpha value is -2.24. The van der Waals surface area contributed by atoms with E-state index in [0.29, 0.717) is 6.54 Å². The molecule has 0 spiro atoms. The van der Waals surface area contributed by atoms with Crippen LogP contribution in [0.25, 0.3) is 0 Å². The lowest BCUT2D eigenvalue weighted by Gasteiger charge is -2.26. The van der Waals surface area contributed by atoms with Gasteiger partial charge in [0, 0.05) is 25.8 Å². The molecule has 1 aromatic carbocycles. The molecule has 4 rings (SSSR count). The second-order valence-electron chi connectivity index (χ2n) is 7.33. The van der Waals surface area contributed by atoms with E-state index in [1.807, 2.05) is 6.07 Å². The fraction of sp³-hybridized carbons (Fsp3) is 0.500. The zero-order valence-electron chi connectivity index (χ0n) is 14.9. The van der Waals surface area contributed by atoms with Gasteiger partial charge in [-0.15, -0.1) is 0 Å². The number of fused-ring (bicyclic) bond motifs is 1. The number of carbonyl (C=O) groups excluding carboxylic acids is 1. The van der Waals surface area contributed by atoms with Crippen LogP contribution in [0.15, 0.2) is 24.4 Å². The van der Waals surface area contributed by atoms with Crippen LogP contribution in [0.5, 0.6) is 0 Å². The molecule has 1 saturated carbocycles. The van der Waals surface area contributed by atoms with Crippen LogP contribution in [0, 0.1) is 0 Å². The second kappa shape index (κ2) is 6.82. The highest BCUT2D eigenvalue weighted by Gasteiger charge is 2.36. The molecule has 1 heterocycles. The minimum atomic E-state index is -2.75. The summed E-state index contributed by atoms with van der Waals surface area (Å²) < 4.78 is 27.9. The number of aryl methyl sites for hydroxylation is 2. The average molecular weight is 359 g/mol. The van der Waals surface area contributed by atoms with Gasteiger partial charge in [-0.1, -0.05) is 18.2 Å². The van der Waals surface area contributed by atoms with E-state index < -0.39 is 12.1 Å². The predicted molar refractivity (Wildman–Crippen MR) is 94.1 cm³/mol. The number of nitrogens with zero attached hydrogens (tertiary/aromatic N) is 3. The lowest BCUT2D eigenvalue weighted by Crippen LogP contribution is -2.33. The second-order valence-corrected chi connectivity index (χ2v) is 7.33. The van der Waals surface area contributed by atoms with E-state index in [-0.39, 0.29) is 17.5 Å². The smallest absolute Gasteiger partial charge is 0.282 e. The lowest BCUT2D eigenvalue weighted by molar-refractivity contribution is 0.0717. The van der Waals surface area contributed by atoms with E-state index in [2.05, 4.69) is 17.2 Å². The summed E-state index contributed by atoms with van der Waals surface area (Å²) >= 11 is 0. The number of alkyl halides is 2. The number of halogens is 2. The van der Waals surface area contributed by atoms with Crippen molar-refractivity contribution in [2.24, 2.45) is 7.05 Å². The number of hydrogen-bond acceptors (Lipinski definition) is 2.